The number of hydrogen-bond donors (Lipinski definition) is 2. The number of nitrogens with zero attached hydrogens (tertiary/aromatic N) is 1. The average Bonchev–Trinajstić information content (AvgIpc) is 3.14. The molecule has 0 bridgehead atoms. The van der Waals surface area contributed by atoms with Gasteiger partial charge in [0.25, 0.3) is 0 Å². The molecule has 27 heavy (non-hydrogen) atoms. The van der Waals surface area contributed by atoms with Crippen molar-refractivity contribution >= 4 is 11.8 Å². The molecule has 146 valence electrons. The number of nitrogens with one attached hydrogen (secondary N) is 2. The van der Waals surface area contributed by atoms with Crippen LogP contribution in [0.3, 0.4) is 0 Å². The summed E-state index contributed by atoms with van der Waals surface area (Å²) in [4.78, 5) is 27.0. The zero-order valence-electron chi connectivity index (χ0n) is 16.4. The number of furan rings is 1. The second-order valence-corrected chi connectivity index (χ2v) is 7.19. The third-order valence-corrected chi connectivity index (χ3v) is 4.44. The lowest BCUT2D eigenvalue weighted by Crippen LogP contribution is -2.51. The maximum Gasteiger partial charge on any atom is 0.242 e. The van der Waals surface area contributed by atoms with Crippen LogP contribution in [0.1, 0.15) is 31.2 Å². The fraction of sp³-hybridized carbons (Fsp3) is 0.429. The van der Waals surface area contributed by atoms with Crippen LogP contribution < -0.4 is 10.6 Å². The van der Waals surface area contributed by atoms with Crippen molar-refractivity contribution in [2.75, 3.05) is 20.6 Å². The highest BCUT2D eigenvalue weighted by atomic mass is 16.3. The minimum absolute atomic E-state index is 0.0221. The van der Waals surface area contributed by atoms with E-state index in [1.54, 1.807) is 6.26 Å². The van der Waals surface area contributed by atoms with Crippen LogP contribution in [0, 0.1) is 5.92 Å². The van der Waals surface area contributed by atoms with Crippen LogP contribution in [-0.2, 0) is 16.0 Å². The van der Waals surface area contributed by atoms with E-state index < -0.39 is 6.04 Å². The molecule has 2 unspecified atom stereocenters. The van der Waals surface area contributed by atoms with Crippen LogP contribution in [0.5, 0.6) is 0 Å². The molecule has 0 saturated carbocycles. The van der Waals surface area contributed by atoms with Crippen molar-refractivity contribution in [1.82, 2.24) is 15.5 Å². The van der Waals surface area contributed by atoms with Crippen molar-refractivity contribution in [3.8, 4) is 0 Å². The van der Waals surface area contributed by atoms with Gasteiger partial charge in [0.15, 0.2) is 0 Å². The SMILES string of the molecule is CC(C)C(NC(=O)Cc1ccccc1)C(=O)NCC(c1ccco1)N(C)C. The molecule has 6 heteroatoms. The van der Waals surface area contributed by atoms with E-state index in [9.17, 15) is 9.59 Å². The Kier molecular flexibility index (Phi) is 7.61. The van der Waals surface area contributed by atoms with E-state index in [4.69, 9.17) is 4.42 Å². The number of carbonyl (C=O) groups excluding carboxylic acids is 2. The van der Waals surface area contributed by atoms with Gasteiger partial charge in [0, 0.05) is 6.54 Å². The Balaban J connectivity index is 1.94. The van der Waals surface area contributed by atoms with Crippen molar-refractivity contribution < 1.29 is 14.0 Å². The topological polar surface area (TPSA) is 74.6 Å². The van der Waals surface area contributed by atoms with E-state index in [1.165, 1.54) is 0 Å². The zero-order chi connectivity index (χ0) is 19.8. The summed E-state index contributed by atoms with van der Waals surface area (Å²) in [6.07, 6.45) is 1.87. The van der Waals surface area contributed by atoms with E-state index in [1.807, 2.05) is 75.3 Å². The summed E-state index contributed by atoms with van der Waals surface area (Å²) in [5, 5.41) is 5.81. The molecule has 0 fully saturated rings. The number of rotatable bonds is 9. The second kappa shape index (κ2) is 9.92. The standard InChI is InChI=1S/C21H29N3O3/c1-15(2)20(23-19(25)13-16-9-6-5-7-10-16)21(26)22-14-17(24(3)4)18-11-8-12-27-18/h5-12,15,17,20H,13-14H2,1-4H3,(H,22,26)(H,23,25). The molecule has 2 N–H and O–H groups in total. The van der Waals surface area contributed by atoms with Crippen LogP contribution in [0.25, 0.3) is 0 Å². The van der Waals surface area contributed by atoms with Crippen LogP contribution in [0.15, 0.2) is 53.1 Å². The first kappa shape index (κ1) is 20.7. The quantitative estimate of drug-likeness (QED) is 0.710. The molecule has 2 atom stereocenters. The molecule has 1 aromatic carbocycles. The van der Waals surface area contributed by atoms with Gasteiger partial charge in [-0.05, 0) is 37.7 Å². The largest absolute Gasteiger partial charge is 0.468 e. The molecule has 1 aromatic heterocycles. The summed E-state index contributed by atoms with van der Waals surface area (Å²) in [6.45, 7) is 4.24. The molecule has 0 saturated heterocycles. The van der Waals surface area contributed by atoms with Gasteiger partial charge in [-0.15, -0.1) is 0 Å². The Morgan fingerprint density at radius 2 is 1.78 bits per heavy atom. The predicted octanol–water partition coefficient (Wildman–Crippen LogP) is 2.38. The molecule has 2 amide bonds. The number of amides is 2. The molecule has 0 spiro atoms. The van der Waals surface area contributed by atoms with Crippen molar-refractivity contribution in [3.05, 3.63) is 60.1 Å². The maximum absolute atomic E-state index is 12.7. The first-order chi connectivity index (χ1) is 12.9. The predicted molar refractivity (Wildman–Crippen MR) is 105 cm³/mol. The van der Waals surface area contributed by atoms with E-state index >= 15 is 0 Å². The highest BCUT2D eigenvalue weighted by molar-refractivity contribution is 5.88. The van der Waals surface area contributed by atoms with Crippen LogP contribution in [-0.4, -0.2) is 43.4 Å². The lowest BCUT2D eigenvalue weighted by molar-refractivity contribution is -0.129. The first-order valence-corrected chi connectivity index (χ1v) is 9.19. The Hall–Kier alpha value is -2.60. The fourth-order valence-electron chi connectivity index (χ4n) is 2.87. The third-order valence-electron chi connectivity index (χ3n) is 4.44. The van der Waals surface area contributed by atoms with E-state index in [-0.39, 0.29) is 30.2 Å². The maximum atomic E-state index is 12.7. The Labute approximate surface area is 160 Å². The van der Waals surface area contributed by atoms with Crippen LogP contribution >= 0.6 is 0 Å². The molecule has 0 aliphatic rings. The highest BCUT2D eigenvalue weighted by Gasteiger charge is 2.26. The minimum atomic E-state index is -0.583. The molecule has 2 rings (SSSR count). The number of carbonyl (C=O) groups is 2. The van der Waals surface area contributed by atoms with Gasteiger partial charge in [0.05, 0.1) is 18.7 Å². The Morgan fingerprint density at radius 1 is 1.07 bits per heavy atom. The van der Waals surface area contributed by atoms with Gasteiger partial charge >= 0.3 is 0 Å². The molecule has 0 radical (unpaired) electrons. The zero-order valence-corrected chi connectivity index (χ0v) is 16.4. The summed E-state index contributed by atoms with van der Waals surface area (Å²) in [5.41, 5.74) is 0.920. The van der Waals surface area contributed by atoms with Gasteiger partial charge in [-0.25, -0.2) is 0 Å². The van der Waals surface area contributed by atoms with Gasteiger partial charge in [-0.2, -0.15) is 0 Å². The number of hydrogen-bond acceptors (Lipinski definition) is 4. The lowest BCUT2D eigenvalue weighted by Gasteiger charge is -2.26. The van der Waals surface area contributed by atoms with Crippen molar-refractivity contribution in [1.29, 1.82) is 0 Å². The van der Waals surface area contributed by atoms with Crippen molar-refractivity contribution in [2.24, 2.45) is 5.92 Å². The number of benzene rings is 1. The molecule has 1 heterocycles. The molecule has 0 aliphatic heterocycles. The van der Waals surface area contributed by atoms with E-state index in [0.717, 1.165) is 11.3 Å². The monoisotopic (exact) mass is 371 g/mol. The van der Waals surface area contributed by atoms with Crippen LogP contribution in [0.2, 0.25) is 0 Å². The van der Waals surface area contributed by atoms with E-state index in [2.05, 4.69) is 10.6 Å². The summed E-state index contributed by atoms with van der Waals surface area (Å²) < 4.78 is 5.47. The van der Waals surface area contributed by atoms with Gasteiger partial charge in [0.2, 0.25) is 11.8 Å². The van der Waals surface area contributed by atoms with Crippen LogP contribution in [0.4, 0.5) is 0 Å². The first-order valence-electron chi connectivity index (χ1n) is 9.19. The average molecular weight is 371 g/mol. The third kappa shape index (κ3) is 6.25. The number of likely N-dealkylation sites (N-methyl/N-ethyl adjacent to an activating group) is 1. The van der Waals surface area contributed by atoms with Crippen molar-refractivity contribution in [2.45, 2.75) is 32.4 Å². The normalized spacial score (nSPS) is 13.4. The van der Waals surface area contributed by atoms with Gasteiger partial charge in [-0.3, -0.25) is 14.5 Å². The summed E-state index contributed by atoms with van der Waals surface area (Å²) in [5.74, 6) is 0.413. The molecule has 0 aliphatic carbocycles. The van der Waals surface area contributed by atoms with Gasteiger partial charge in [-0.1, -0.05) is 44.2 Å². The van der Waals surface area contributed by atoms with E-state index in [0.29, 0.717) is 6.54 Å². The second-order valence-electron chi connectivity index (χ2n) is 7.19. The summed E-state index contributed by atoms with van der Waals surface area (Å²) >= 11 is 0. The minimum Gasteiger partial charge on any atom is -0.468 e. The summed E-state index contributed by atoms with van der Waals surface area (Å²) in [7, 11) is 3.86. The van der Waals surface area contributed by atoms with Gasteiger partial charge in [0.1, 0.15) is 11.8 Å². The highest BCUT2D eigenvalue weighted by Crippen LogP contribution is 2.17. The Bertz CT molecular complexity index is 712. The van der Waals surface area contributed by atoms with Crippen molar-refractivity contribution in [3.63, 3.8) is 0 Å². The van der Waals surface area contributed by atoms with Gasteiger partial charge < -0.3 is 15.1 Å². The lowest BCUT2D eigenvalue weighted by atomic mass is 10.0. The molecular formula is C21H29N3O3. The summed E-state index contributed by atoms with van der Waals surface area (Å²) in [6, 6.07) is 12.6. The molecule has 6 nitrogen and oxygen atoms in total. The molecule has 2 aromatic rings. The fourth-order valence-corrected chi connectivity index (χ4v) is 2.87. The molecular weight excluding hydrogens is 342 g/mol. The smallest absolute Gasteiger partial charge is 0.242 e. The Morgan fingerprint density at radius 3 is 2.33 bits per heavy atom.